The van der Waals surface area contributed by atoms with Crippen molar-refractivity contribution in [1.82, 2.24) is 15.0 Å². The van der Waals surface area contributed by atoms with E-state index in [1.165, 1.54) is 0 Å². The zero-order valence-corrected chi connectivity index (χ0v) is 12.0. The minimum absolute atomic E-state index is 0.442. The van der Waals surface area contributed by atoms with E-state index in [-0.39, 0.29) is 0 Å². The van der Waals surface area contributed by atoms with Gasteiger partial charge in [0.15, 0.2) is 5.82 Å². The van der Waals surface area contributed by atoms with Gasteiger partial charge < -0.3 is 10.1 Å². The van der Waals surface area contributed by atoms with E-state index in [0.717, 1.165) is 28.1 Å². The normalized spacial score (nSPS) is 10.8. The Morgan fingerprint density at radius 1 is 1.05 bits per heavy atom. The lowest BCUT2D eigenvalue weighted by Crippen LogP contribution is -2.02. The largest absolute Gasteiger partial charge is 0.378 e. The van der Waals surface area contributed by atoms with E-state index in [9.17, 15) is 0 Å². The van der Waals surface area contributed by atoms with Crippen LogP contribution in [0.1, 0.15) is 5.69 Å². The first kappa shape index (κ1) is 13.5. The predicted molar refractivity (Wildman–Crippen MR) is 83.0 cm³/mol. The Hall–Kier alpha value is -2.53. The summed E-state index contributed by atoms with van der Waals surface area (Å²) >= 11 is 0. The van der Waals surface area contributed by atoms with E-state index in [1.54, 1.807) is 7.11 Å². The van der Waals surface area contributed by atoms with Crippen molar-refractivity contribution in [3.63, 3.8) is 0 Å². The quantitative estimate of drug-likeness (QED) is 0.796. The summed E-state index contributed by atoms with van der Waals surface area (Å²) in [6.07, 6.45) is 0. The number of pyridine rings is 1. The van der Waals surface area contributed by atoms with Gasteiger partial charge in [0.05, 0.1) is 17.8 Å². The van der Waals surface area contributed by atoms with Crippen LogP contribution in [0.2, 0.25) is 0 Å². The van der Waals surface area contributed by atoms with E-state index in [4.69, 9.17) is 4.74 Å². The van der Waals surface area contributed by atoms with Crippen LogP contribution >= 0.6 is 0 Å². The number of ether oxygens (including phenoxy) is 1. The standard InChI is InChI=1S/C16H16N4O/c1-17-15-9-12(10-21-2)18-16(20-15)14-8-7-11-5-3-4-6-13(11)19-14/h3-9H,10H2,1-2H3,(H,17,18,20). The van der Waals surface area contributed by atoms with Crippen LogP contribution < -0.4 is 5.32 Å². The van der Waals surface area contributed by atoms with Crippen molar-refractivity contribution < 1.29 is 4.74 Å². The van der Waals surface area contributed by atoms with Gasteiger partial charge >= 0.3 is 0 Å². The molecule has 5 nitrogen and oxygen atoms in total. The van der Waals surface area contributed by atoms with E-state index < -0.39 is 0 Å². The van der Waals surface area contributed by atoms with E-state index in [2.05, 4.69) is 20.3 Å². The molecule has 0 radical (unpaired) electrons. The van der Waals surface area contributed by atoms with Gasteiger partial charge in [-0.05, 0) is 12.1 Å². The topological polar surface area (TPSA) is 59.9 Å². The molecule has 1 N–H and O–H groups in total. The summed E-state index contributed by atoms with van der Waals surface area (Å²) < 4.78 is 5.15. The number of methoxy groups -OCH3 is 1. The predicted octanol–water partition coefficient (Wildman–Crippen LogP) is 2.88. The molecule has 0 spiro atoms. The number of nitrogens with zero attached hydrogens (tertiary/aromatic N) is 3. The van der Waals surface area contributed by atoms with E-state index in [1.807, 2.05) is 49.5 Å². The second-order valence-electron chi connectivity index (χ2n) is 4.64. The molecule has 0 atom stereocenters. The second kappa shape index (κ2) is 5.85. The van der Waals surface area contributed by atoms with Gasteiger partial charge in [-0.1, -0.05) is 24.3 Å². The van der Waals surface area contributed by atoms with Crippen molar-refractivity contribution in [2.24, 2.45) is 0 Å². The molecule has 0 amide bonds. The van der Waals surface area contributed by atoms with Crippen molar-refractivity contribution in [2.75, 3.05) is 19.5 Å². The second-order valence-corrected chi connectivity index (χ2v) is 4.64. The van der Waals surface area contributed by atoms with Crippen LogP contribution in [0.25, 0.3) is 22.4 Å². The third kappa shape index (κ3) is 2.83. The van der Waals surface area contributed by atoms with Gasteiger partial charge in [0.25, 0.3) is 0 Å². The number of para-hydroxylation sites is 1. The van der Waals surface area contributed by atoms with Crippen molar-refractivity contribution in [3.8, 4) is 11.5 Å². The molecule has 21 heavy (non-hydrogen) atoms. The third-order valence-electron chi connectivity index (χ3n) is 3.16. The molecule has 0 aliphatic carbocycles. The lowest BCUT2D eigenvalue weighted by atomic mass is 10.2. The lowest BCUT2D eigenvalue weighted by Gasteiger charge is -2.07. The van der Waals surface area contributed by atoms with Gasteiger partial charge in [-0.25, -0.2) is 15.0 Å². The number of rotatable bonds is 4. The van der Waals surface area contributed by atoms with Crippen LogP contribution in [-0.2, 0) is 11.3 Å². The zero-order valence-electron chi connectivity index (χ0n) is 12.0. The fourth-order valence-corrected chi connectivity index (χ4v) is 2.15. The molecule has 0 aliphatic heterocycles. The number of hydrogen-bond donors (Lipinski definition) is 1. The van der Waals surface area contributed by atoms with Crippen LogP contribution in [0.5, 0.6) is 0 Å². The molecular formula is C16H16N4O. The lowest BCUT2D eigenvalue weighted by molar-refractivity contribution is 0.181. The molecule has 5 heteroatoms. The summed E-state index contributed by atoms with van der Waals surface area (Å²) in [6, 6.07) is 13.8. The highest BCUT2D eigenvalue weighted by Crippen LogP contribution is 2.20. The maximum atomic E-state index is 5.15. The average molecular weight is 280 g/mol. The molecular weight excluding hydrogens is 264 g/mol. The maximum absolute atomic E-state index is 5.15. The SMILES string of the molecule is CNc1cc(COC)nc(-c2ccc3ccccc3n2)n1. The van der Waals surface area contributed by atoms with Crippen LogP contribution in [0.4, 0.5) is 5.82 Å². The Balaban J connectivity index is 2.10. The van der Waals surface area contributed by atoms with E-state index in [0.29, 0.717) is 12.4 Å². The molecule has 0 aliphatic rings. The fourth-order valence-electron chi connectivity index (χ4n) is 2.15. The van der Waals surface area contributed by atoms with Crippen LogP contribution in [-0.4, -0.2) is 29.1 Å². The molecule has 2 heterocycles. The maximum Gasteiger partial charge on any atom is 0.180 e. The minimum atomic E-state index is 0.442. The highest BCUT2D eigenvalue weighted by molar-refractivity contribution is 5.80. The smallest absolute Gasteiger partial charge is 0.180 e. The van der Waals surface area contributed by atoms with E-state index >= 15 is 0 Å². The highest BCUT2D eigenvalue weighted by Gasteiger charge is 2.08. The highest BCUT2D eigenvalue weighted by atomic mass is 16.5. The Bertz CT molecular complexity index is 773. The van der Waals surface area contributed by atoms with Gasteiger partial charge in [-0.15, -0.1) is 0 Å². The Kier molecular flexibility index (Phi) is 3.75. The third-order valence-corrected chi connectivity index (χ3v) is 3.16. The molecule has 3 rings (SSSR count). The monoisotopic (exact) mass is 280 g/mol. The molecule has 2 aromatic heterocycles. The summed E-state index contributed by atoms with van der Waals surface area (Å²) in [5.74, 6) is 1.35. The summed E-state index contributed by atoms with van der Waals surface area (Å²) in [6.45, 7) is 0.442. The first-order valence-electron chi connectivity index (χ1n) is 6.71. The molecule has 1 aromatic carbocycles. The summed E-state index contributed by atoms with van der Waals surface area (Å²) in [4.78, 5) is 13.6. The number of aromatic nitrogens is 3. The molecule has 0 saturated heterocycles. The first-order valence-corrected chi connectivity index (χ1v) is 6.71. The van der Waals surface area contributed by atoms with Crippen molar-refractivity contribution in [2.45, 2.75) is 6.61 Å². The molecule has 3 aromatic rings. The average Bonchev–Trinajstić information content (AvgIpc) is 2.54. The Morgan fingerprint density at radius 2 is 1.90 bits per heavy atom. The van der Waals surface area contributed by atoms with Crippen LogP contribution in [0.3, 0.4) is 0 Å². The van der Waals surface area contributed by atoms with Crippen molar-refractivity contribution >= 4 is 16.7 Å². The Labute approximate surface area is 123 Å². The Morgan fingerprint density at radius 3 is 2.71 bits per heavy atom. The molecule has 0 bridgehead atoms. The van der Waals surface area contributed by atoms with Gasteiger partial charge in [0.2, 0.25) is 0 Å². The van der Waals surface area contributed by atoms with Gasteiger partial charge in [-0.3, -0.25) is 0 Å². The van der Waals surface area contributed by atoms with Gasteiger partial charge in [0, 0.05) is 25.6 Å². The first-order chi connectivity index (χ1) is 10.3. The summed E-state index contributed by atoms with van der Waals surface area (Å²) in [5.41, 5.74) is 2.51. The van der Waals surface area contributed by atoms with Gasteiger partial charge in [0.1, 0.15) is 11.5 Å². The number of fused-ring (bicyclic) bond motifs is 1. The summed E-state index contributed by atoms with van der Waals surface area (Å²) in [5, 5.41) is 4.14. The molecule has 106 valence electrons. The minimum Gasteiger partial charge on any atom is -0.378 e. The van der Waals surface area contributed by atoms with Gasteiger partial charge in [-0.2, -0.15) is 0 Å². The number of anilines is 1. The molecule has 0 saturated carbocycles. The van der Waals surface area contributed by atoms with Crippen LogP contribution in [0, 0.1) is 0 Å². The van der Waals surface area contributed by atoms with Crippen molar-refractivity contribution in [1.29, 1.82) is 0 Å². The zero-order chi connectivity index (χ0) is 14.7. The van der Waals surface area contributed by atoms with Crippen molar-refractivity contribution in [3.05, 3.63) is 48.2 Å². The fraction of sp³-hybridized carbons (Fsp3) is 0.188. The number of benzene rings is 1. The molecule has 0 unspecified atom stereocenters. The number of hydrogen-bond acceptors (Lipinski definition) is 5. The summed E-state index contributed by atoms with van der Waals surface area (Å²) in [7, 11) is 3.48. The van der Waals surface area contributed by atoms with Crippen LogP contribution in [0.15, 0.2) is 42.5 Å². The molecule has 0 fully saturated rings. The number of nitrogens with one attached hydrogen (secondary N) is 1.